The van der Waals surface area contributed by atoms with E-state index in [9.17, 15) is 9.59 Å². The third kappa shape index (κ3) is 4.85. The molecule has 32 heavy (non-hydrogen) atoms. The van der Waals surface area contributed by atoms with Crippen molar-refractivity contribution in [3.05, 3.63) is 70.8 Å². The molecule has 2 aromatic rings. The van der Waals surface area contributed by atoms with Crippen molar-refractivity contribution >= 4 is 24.0 Å². The summed E-state index contributed by atoms with van der Waals surface area (Å²) in [5.41, 5.74) is 3.17. The molecule has 6 heteroatoms. The van der Waals surface area contributed by atoms with Gasteiger partial charge in [0.05, 0.1) is 11.1 Å². The van der Waals surface area contributed by atoms with Crippen LogP contribution in [0, 0.1) is 0 Å². The molecule has 2 aliphatic rings. The van der Waals surface area contributed by atoms with Gasteiger partial charge in [-0.2, -0.15) is 0 Å². The maximum atomic E-state index is 12.7. The van der Waals surface area contributed by atoms with Crippen molar-refractivity contribution in [2.24, 2.45) is 0 Å². The van der Waals surface area contributed by atoms with E-state index in [1.165, 1.54) is 0 Å². The van der Waals surface area contributed by atoms with E-state index in [-0.39, 0.29) is 25.0 Å². The van der Waals surface area contributed by atoms with Gasteiger partial charge >= 0.3 is 0 Å². The normalized spacial score (nSPS) is 14.1. The van der Waals surface area contributed by atoms with Gasteiger partial charge in [-0.3, -0.25) is 9.59 Å². The summed E-state index contributed by atoms with van der Waals surface area (Å²) in [6, 6.07) is 15.4. The van der Waals surface area contributed by atoms with Gasteiger partial charge in [-0.15, -0.1) is 0 Å². The summed E-state index contributed by atoms with van der Waals surface area (Å²) in [5.74, 6) is 1.57. The van der Waals surface area contributed by atoms with E-state index >= 15 is 0 Å². The predicted molar refractivity (Wildman–Crippen MR) is 124 cm³/mol. The quantitative estimate of drug-likeness (QED) is 0.627. The van der Waals surface area contributed by atoms with Crippen LogP contribution in [-0.2, 0) is 9.59 Å². The van der Waals surface area contributed by atoms with Crippen LogP contribution in [-0.4, -0.2) is 62.0 Å². The lowest BCUT2D eigenvalue weighted by atomic mass is 10.1. The number of para-hydroxylation sites is 2. The first-order valence-electron chi connectivity index (χ1n) is 10.9. The number of hydrogen-bond acceptors (Lipinski definition) is 4. The number of carbonyl (C=O) groups is 2. The number of carbonyl (C=O) groups excluding carboxylic acids is 2. The molecule has 0 saturated carbocycles. The highest BCUT2D eigenvalue weighted by Gasteiger charge is 2.21. The molecule has 2 aliphatic heterocycles. The second-order valence-corrected chi connectivity index (χ2v) is 8.15. The zero-order valence-corrected chi connectivity index (χ0v) is 18.5. The molecule has 0 bridgehead atoms. The number of fused-ring (bicyclic) bond motifs is 2. The summed E-state index contributed by atoms with van der Waals surface area (Å²) in [5, 5.41) is 0. The summed E-state index contributed by atoms with van der Waals surface area (Å²) in [6.07, 6.45) is 5.43. The molecular formula is C26H28N2O4. The monoisotopic (exact) mass is 432 g/mol. The van der Waals surface area contributed by atoms with Crippen molar-refractivity contribution in [2.75, 3.05) is 40.4 Å². The summed E-state index contributed by atoms with van der Waals surface area (Å²) < 4.78 is 11.4. The molecule has 0 spiro atoms. The van der Waals surface area contributed by atoms with Crippen LogP contribution in [0.2, 0.25) is 0 Å². The molecule has 0 radical (unpaired) electrons. The van der Waals surface area contributed by atoms with E-state index in [1.807, 2.05) is 60.7 Å². The fourth-order valence-electron chi connectivity index (χ4n) is 3.87. The minimum absolute atomic E-state index is 0.0212. The van der Waals surface area contributed by atoms with Crippen LogP contribution < -0.4 is 9.47 Å². The molecule has 0 fully saturated rings. The van der Waals surface area contributed by atoms with E-state index in [0.29, 0.717) is 24.2 Å². The van der Waals surface area contributed by atoms with Crippen molar-refractivity contribution in [2.45, 2.75) is 12.8 Å². The Morgan fingerprint density at radius 2 is 1.12 bits per heavy atom. The maximum Gasteiger partial charge on any atom is 0.252 e. The minimum atomic E-state index is -0.0212. The Kier molecular flexibility index (Phi) is 6.59. The molecule has 4 rings (SSSR count). The fourth-order valence-corrected chi connectivity index (χ4v) is 3.87. The van der Waals surface area contributed by atoms with Gasteiger partial charge in [0.1, 0.15) is 24.7 Å². The molecule has 2 amide bonds. The molecule has 0 saturated heterocycles. The number of hydrogen-bond donors (Lipinski definition) is 0. The van der Waals surface area contributed by atoms with Crippen molar-refractivity contribution in [3.8, 4) is 11.5 Å². The average molecular weight is 433 g/mol. The molecule has 0 N–H and O–H groups in total. The second-order valence-electron chi connectivity index (χ2n) is 8.15. The Bertz CT molecular complexity index is 988. The van der Waals surface area contributed by atoms with Crippen LogP contribution in [0.3, 0.4) is 0 Å². The average Bonchev–Trinajstić information content (AvgIpc) is 2.84. The lowest BCUT2D eigenvalue weighted by molar-refractivity contribution is -0.127. The van der Waals surface area contributed by atoms with Crippen molar-refractivity contribution in [3.63, 3.8) is 0 Å². The fraction of sp³-hybridized carbons (Fsp3) is 0.308. The third-order valence-electron chi connectivity index (χ3n) is 5.74. The SMILES string of the molecule is CN(CCCCN(C)C(=O)C1=Cc2ccccc2OC1)C(=O)C1=Cc2ccccc2OC1. The van der Waals surface area contributed by atoms with Crippen LogP contribution >= 0.6 is 0 Å². The number of rotatable bonds is 7. The maximum absolute atomic E-state index is 12.7. The Labute approximate surface area is 188 Å². The van der Waals surface area contributed by atoms with E-state index in [0.717, 1.165) is 35.5 Å². The summed E-state index contributed by atoms with van der Waals surface area (Å²) in [4.78, 5) is 28.9. The van der Waals surface area contributed by atoms with Gasteiger partial charge in [0.25, 0.3) is 11.8 Å². The zero-order valence-electron chi connectivity index (χ0n) is 18.5. The van der Waals surface area contributed by atoms with Crippen LogP contribution in [0.25, 0.3) is 12.2 Å². The van der Waals surface area contributed by atoms with E-state index in [4.69, 9.17) is 9.47 Å². The number of unbranched alkanes of at least 4 members (excludes halogenated alkanes) is 1. The first-order chi connectivity index (χ1) is 15.5. The number of nitrogens with zero attached hydrogens (tertiary/aromatic N) is 2. The lowest BCUT2D eigenvalue weighted by Crippen LogP contribution is -2.33. The molecule has 166 valence electrons. The highest BCUT2D eigenvalue weighted by atomic mass is 16.5. The van der Waals surface area contributed by atoms with Gasteiger partial charge in [-0.25, -0.2) is 0 Å². The Morgan fingerprint density at radius 1 is 0.719 bits per heavy atom. The smallest absolute Gasteiger partial charge is 0.252 e. The summed E-state index contributed by atoms with van der Waals surface area (Å²) in [6.45, 7) is 1.83. The van der Waals surface area contributed by atoms with E-state index < -0.39 is 0 Å². The molecule has 0 unspecified atom stereocenters. The van der Waals surface area contributed by atoms with Crippen LogP contribution in [0.1, 0.15) is 24.0 Å². The third-order valence-corrected chi connectivity index (χ3v) is 5.74. The standard InChI is InChI=1S/C26H28N2O4/c1-27(25(29)21-15-19-9-3-5-11-23(19)31-17-21)13-7-8-14-28(2)26(30)22-16-20-10-4-6-12-24(20)32-18-22/h3-6,9-12,15-16H,7-8,13-14,17-18H2,1-2H3. The molecule has 2 aromatic carbocycles. The molecule has 2 heterocycles. The minimum Gasteiger partial charge on any atom is -0.488 e. The van der Waals surface area contributed by atoms with Crippen molar-refractivity contribution in [1.29, 1.82) is 0 Å². The molecular weight excluding hydrogens is 404 g/mol. The highest BCUT2D eigenvalue weighted by molar-refractivity contribution is 5.99. The van der Waals surface area contributed by atoms with Gasteiger partial charge in [-0.05, 0) is 37.1 Å². The Hall–Kier alpha value is -3.54. The number of benzene rings is 2. The van der Waals surface area contributed by atoms with Gasteiger partial charge in [-0.1, -0.05) is 36.4 Å². The number of likely N-dealkylation sites (N-methyl/N-ethyl adjacent to an activating group) is 2. The number of amides is 2. The van der Waals surface area contributed by atoms with Gasteiger partial charge in [0.15, 0.2) is 0 Å². The van der Waals surface area contributed by atoms with Crippen LogP contribution in [0.4, 0.5) is 0 Å². The van der Waals surface area contributed by atoms with E-state index in [2.05, 4.69) is 0 Å². The van der Waals surface area contributed by atoms with Gasteiger partial charge < -0.3 is 19.3 Å². The predicted octanol–water partition coefficient (Wildman–Crippen LogP) is 3.64. The van der Waals surface area contributed by atoms with E-state index in [1.54, 1.807) is 23.9 Å². The highest BCUT2D eigenvalue weighted by Crippen LogP contribution is 2.27. The molecule has 0 aromatic heterocycles. The van der Waals surface area contributed by atoms with Gasteiger partial charge in [0.2, 0.25) is 0 Å². The van der Waals surface area contributed by atoms with Gasteiger partial charge in [0, 0.05) is 38.3 Å². The lowest BCUT2D eigenvalue weighted by Gasteiger charge is -2.24. The molecule has 0 atom stereocenters. The zero-order chi connectivity index (χ0) is 22.5. The first-order valence-corrected chi connectivity index (χ1v) is 10.9. The Balaban J connectivity index is 1.24. The second kappa shape index (κ2) is 9.73. The first kappa shape index (κ1) is 21.7. The summed E-state index contributed by atoms with van der Waals surface area (Å²) >= 11 is 0. The van der Waals surface area contributed by atoms with Crippen molar-refractivity contribution in [1.82, 2.24) is 9.80 Å². The van der Waals surface area contributed by atoms with Crippen LogP contribution in [0.5, 0.6) is 11.5 Å². The Morgan fingerprint density at radius 3 is 1.56 bits per heavy atom. The molecule has 6 nitrogen and oxygen atoms in total. The largest absolute Gasteiger partial charge is 0.488 e. The topological polar surface area (TPSA) is 59.1 Å². The van der Waals surface area contributed by atoms with Crippen molar-refractivity contribution < 1.29 is 19.1 Å². The molecule has 0 aliphatic carbocycles. The summed E-state index contributed by atoms with van der Waals surface area (Å²) in [7, 11) is 3.61. The number of ether oxygens (including phenoxy) is 2. The van der Waals surface area contributed by atoms with Crippen LogP contribution in [0.15, 0.2) is 59.7 Å².